The number of amides is 1. The van der Waals surface area contributed by atoms with Crippen molar-refractivity contribution in [1.29, 1.82) is 0 Å². The van der Waals surface area contributed by atoms with Gasteiger partial charge in [0.2, 0.25) is 0 Å². The number of ether oxygens (including phenoxy) is 1. The molecule has 0 aliphatic heterocycles. The van der Waals surface area contributed by atoms with E-state index in [9.17, 15) is 4.79 Å². The van der Waals surface area contributed by atoms with Gasteiger partial charge in [-0.25, -0.2) is 4.79 Å². The van der Waals surface area contributed by atoms with Crippen molar-refractivity contribution >= 4 is 6.09 Å². The quantitative estimate of drug-likeness (QED) is 0.793. The molecule has 1 aromatic rings. The lowest BCUT2D eigenvalue weighted by Gasteiger charge is -2.24. The van der Waals surface area contributed by atoms with E-state index in [1.165, 1.54) is 4.90 Å². The van der Waals surface area contributed by atoms with E-state index in [4.69, 9.17) is 4.74 Å². The Morgan fingerprint density at radius 3 is 2.59 bits per heavy atom. The van der Waals surface area contributed by atoms with Gasteiger partial charge in [0.25, 0.3) is 0 Å². The Bertz CT molecular complexity index is 397. The Morgan fingerprint density at radius 1 is 1.41 bits per heavy atom. The van der Waals surface area contributed by atoms with Crippen LogP contribution in [0, 0.1) is 6.92 Å². The SMILES string of the molecule is Cc1cccc(CN(C)C(=O)OC(C)(C)C)n1. The highest BCUT2D eigenvalue weighted by Gasteiger charge is 2.19. The van der Waals surface area contributed by atoms with Gasteiger partial charge in [-0.1, -0.05) is 6.07 Å². The second-order valence-electron chi connectivity index (χ2n) is 5.11. The molecule has 0 aliphatic rings. The third-order valence-corrected chi connectivity index (χ3v) is 2.05. The minimum absolute atomic E-state index is 0.333. The Kier molecular flexibility index (Phi) is 4.10. The Hall–Kier alpha value is -1.58. The van der Waals surface area contributed by atoms with E-state index in [2.05, 4.69) is 4.98 Å². The first-order valence-corrected chi connectivity index (χ1v) is 5.64. The minimum Gasteiger partial charge on any atom is -0.444 e. The van der Waals surface area contributed by atoms with Crippen molar-refractivity contribution in [3.8, 4) is 0 Å². The fourth-order valence-corrected chi connectivity index (χ4v) is 1.33. The van der Waals surface area contributed by atoms with Crippen molar-refractivity contribution in [2.75, 3.05) is 7.05 Å². The van der Waals surface area contributed by atoms with Crippen molar-refractivity contribution in [1.82, 2.24) is 9.88 Å². The fraction of sp³-hybridized carbons (Fsp3) is 0.538. The van der Waals surface area contributed by atoms with Crippen LogP contribution in [0.15, 0.2) is 18.2 Å². The summed E-state index contributed by atoms with van der Waals surface area (Å²) in [4.78, 5) is 17.6. The zero-order chi connectivity index (χ0) is 13.1. The van der Waals surface area contributed by atoms with E-state index in [0.717, 1.165) is 11.4 Å². The third kappa shape index (κ3) is 4.85. The molecule has 1 heterocycles. The van der Waals surface area contributed by atoms with Crippen molar-refractivity contribution in [3.63, 3.8) is 0 Å². The van der Waals surface area contributed by atoms with Crippen LogP contribution in [-0.2, 0) is 11.3 Å². The highest BCUT2D eigenvalue weighted by molar-refractivity contribution is 5.67. The van der Waals surface area contributed by atoms with Crippen molar-refractivity contribution < 1.29 is 9.53 Å². The van der Waals surface area contributed by atoms with Crippen LogP contribution in [-0.4, -0.2) is 28.6 Å². The van der Waals surface area contributed by atoms with E-state index < -0.39 is 5.60 Å². The van der Waals surface area contributed by atoms with E-state index in [0.29, 0.717) is 6.54 Å². The van der Waals surface area contributed by atoms with E-state index in [1.54, 1.807) is 7.05 Å². The molecule has 0 fully saturated rings. The number of aromatic nitrogens is 1. The number of rotatable bonds is 2. The Labute approximate surface area is 103 Å². The highest BCUT2D eigenvalue weighted by atomic mass is 16.6. The number of hydrogen-bond acceptors (Lipinski definition) is 3. The molecule has 1 rings (SSSR count). The molecule has 0 saturated heterocycles. The van der Waals surface area contributed by atoms with Crippen molar-refractivity contribution in [2.45, 2.75) is 39.8 Å². The van der Waals surface area contributed by atoms with Gasteiger partial charge in [0, 0.05) is 12.7 Å². The molecular formula is C13H20N2O2. The molecule has 0 unspecified atom stereocenters. The van der Waals surface area contributed by atoms with Gasteiger partial charge in [-0.2, -0.15) is 0 Å². The average molecular weight is 236 g/mol. The van der Waals surface area contributed by atoms with Crippen LogP contribution in [0.3, 0.4) is 0 Å². The Morgan fingerprint density at radius 2 is 2.06 bits per heavy atom. The molecule has 0 N–H and O–H groups in total. The first-order chi connectivity index (χ1) is 7.78. The molecule has 0 bridgehead atoms. The lowest BCUT2D eigenvalue weighted by atomic mass is 10.2. The van der Waals surface area contributed by atoms with Gasteiger partial charge in [-0.3, -0.25) is 4.98 Å². The summed E-state index contributed by atoms with van der Waals surface area (Å²) in [7, 11) is 1.71. The summed E-state index contributed by atoms with van der Waals surface area (Å²) in [5.41, 5.74) is 1.34. The predicted octanol–water partition coefficient (Wildman–Crippen LogP) is 2.76. The van der Waals surface area contributed by atoms with E-state index in [1.807, 2.05) is 45.9 Å². The molecule has 1 amide bonds. The summed E-state index contributed by atoms with van der Waals surface area (Å²) in [6.07, 6.45) is -0.333. The molecular weight excluding hydrogens is 216 g/mol. The van der Waals surface area contributed by atoms with Crippen LogP contribution in [0.25, 0.3) is 0 Å². The molecule has 0 radical (unpaired) electrons. The smallest absolute Gasteiger partial charge is 0.410 e. The first-order valence-electron chi connectivity index (χ1n) is 5.64. The minimum atomic E-state index is -0.467. The molecule has 4 heteroatoms. The molecule has 17 heavy (non-hydrogen) atoms. The van der Waals surface area contributed by atoms with Gasteiger partial charge in [-0.15, -0.1) is 0 Å². The van der Waals surface area contributed by atoms with Gasteiger partial charge in [0.15, 0.2) is 0 Å². The summed E-state index contributed by atoms with van der Waals surface area (Å²) >= 11 is 0. The third-order valence-electron chi connectivity index (χ3n) is 2.05. The summed E-state index contributed by atoms with van der Waals surface area (Å²) in [6.45, 7) is 7.94. The average Bonchev–Trinajstić information content (AvgIpc) is 2.14. The molecule has 0 aliphatic carbocycles. The second kappa shape index (κ2) is 5.17. The fourth-order valence-electron chi connectivity index (χ4n) is 1.33. The van der Waals surface area contributed by atoms with Gasteiger partial charge in [-0.05, 0) is 39.8 Å². The maximum Gasteiger partial charge on any atom is 0.410 e. The van der Waals surface area contributed by atoms with Gasteiger partial charge >= 0.3 is 6.09 Å². The lowest BCUT2D eigenvalue weighted by molar-refractivity contribution is 0.0283. The number of nitrogens with zero attached hydrogens (tertiary/aromatic N) is 2. The van der Waals surface area contributed by atoms with Gasteiger partial charge < -0.3 is 9.64 Å². The van der Waals surface area contributed by atoms with Gasteiger partial charge in [0.05, 0.1) is 12.2 Å². The zero-order valence-electron chi connectivity index (χ0n) is 11.2. The number of carbonyl (C=O) groups excluding carboxylic acids is 1. The summed E-state index contributed by atoms with van der Waals surface area (Å²) in [5, 5.41) is 0. The summed E-state index contributed by atoms with van der Waals surface area (Å²) < 4.78 is 5.26. The normalized spacial score (nSPS) is 11.1. The molecule has 0 spiro atoms. The largest absolute Gasteiger partial charge is 0.444 e. The molecule has 4 nitrogen and oxygen atoms in total. The molecule has 0 aromatic carbocycles. The van der Waals surface area contributed by atoms with E-state index in [-0.39, 0.29) is 6.09 Å². The topological polar surface area (TPSA) is 42.4 Å². The molecule has 0 atom stereocenters. The molecule has 94 valence electrons. The monoisotopic (exact) mass is 236 g/mol. The number of pyridine rings is 1. The number of carbonyl (C=O) groups is 1. The summed E-state index contributed by atoms with van der Waals surface area (Å²) in [5.74, 6) is 0. The summed E-state index contributed by atoms with van der Waals surface area (Å²) in [6, 6.07) is 5.76. The van der Waals surface area contributed by atoms with Crippen LogP contribution in [0.4, 0.5) is 4.79 Å². The van der Waals surface area contributed by atoms with Crippen LogP contribution in [0.2, 0.25) is 0 Å². The first kappa shape index (κ1) is 13.5. The maximum atomic E-state index is 11.7. The van der Waals surface area contributed by atoms with Crippen LogP contribution >= 0.6 is 0 Å². The van der Waals surface area contributed by atoms with Crippen LogP contribution in [0.1, 0.15) is 32.2 Å². The van der Waals surface area contributed by atoms with E-state index >= 15 is 0 Å². The predicted molar refractivity (Wildman–Crippen MR) is 66.7 cm³/mol. The molecule has 0 saturated carbocycles. The standard InChI is InChI=1S/C13H20N2O2/c1-10-7-6-8-11(14-10)9-15(5)12(16)17-13(2,3)4/h6-8H,9H2,1-5H3. The highest BCUT2D eigenvalue weighted by Crippen LogP contribution is 2.10. The van der Waals surface area contributed by atoms with Crippen LogP contribution in [0.5, 0.6) is 0 Å². The Balaban J connectivity index is 2.60. The van der Waals surface area contributed by atoms with Gasteiger partial charge in [0.1, 0.15) is 5.60 Å². The maximum absolute atomic E-state index is 11.7. The van der Waals surface area contributed by atoms with Crippen LogP contribution < -0.4 is 0 Å². The zero-order valence-corrected chi connectivity index (χ0v) is 11.2. The van der Waals surface area contributed by atoms with Crippen molar-refractivity contribution in [3.05, 3.63) is 29.6 Å². The van der Waals surface area contributed by atoms with Crippen molar-refractivity contribution in [2.24, 2.45) is 0 Å². The lowest BCUT2D eigenvalue weighted by Crippen LogP contribution is -2.34. The number of hydrogen-bond donors (Lipinski definition) is 0. The number of aryl methyl sites for hydroxylation is 1. The second-order valence-corrected chi connectivity index (χ2v) is 5.11. The molecule has 1 aromatic heterocycles.